The van der Waals surface area contributed by atoms with Gasteiger partial charge in [0.05, 0.1) is 25.9 Å². The largest absolute Gasteiger partial charge is 0.380 e. The topological polar surface area (TPSA) is 58.1 Å². The van der Waals surface area contributed by atoms with Crippen LogP contribution in [0.4, 0.5) is 0 Å². The molecule has 1 aromatic rings. The van der Waals surface area contributed by atoms with Crippen molar-refractivity contribution in [1.29, 1.82) is 0 Å². The zero-order chi connectivity index (χ0) is 17.9. The van der Waals surface area contributed by atoms with Crippen LogP contribution in [0, 0.1) is 0 Å². The fourth-order valence-electron chi connectivity index (χ4n) is 2.86. The summed E-state index contributed by atoms with van der Waals surface area (Å²) in [4.78, 5) is 6.71. The molecule has 26 heavy (non-hydrogen) atoms. The number of guanidine groups is 1. The van der Waals surface area contributed by atoms with Crippen molar-refractivity contribution in [3.05, 3.63) is 34.9 Å². The molecule has 8 heteroatoms. The molecule has 0 radical (unpaired) electrons. The first-order valence-corrected chi connectivity index (χ1v) is 9.22. The van der Waals surface area contributed by atoms with Crippen LogP contribution in [0.1, 0.15) is 18.5 Å². The van der Waals surface area contributed by atoms with Gasteiger partial charge in [-0.3, -0.25) is 9.89 Å². The highest BCUT2D eigenvalue weighted by Crippen LogP contribution is 2.23. The molecule has 1 unspecified atom stereocenters. The first-order chi connectivity index (χ1) is 12.2. The smallest absolute Gasteiger partial charge is 0.191 e. The quantitative estimate of drug-likeness (QED) is 0.251. The zero-order valence-electron chi connectivity index (χ0n) is 15.5. The van der Waals surface area contributed by atoms with E-state index in [1.807, 2.05) is 25.1 Å². The van der Waals surface area contributed by atoms with Gasteiger partial charge in [0.25, 0.3) is 0 Å². The number of hydrogen-bond acceptors (Lipinski definition) is 4. The summed E-state index contributed by atoms with van der Waals surface area (Å²) in [5, 5.41) is 7.45. The number of benzene rings is 1. The summed E-state index contributed by atoms with van der Waals surface area (Å²) >= 11 is 6.20. The van der Waals surface area contributed by atoms with E-state index in [1.165, 1.54) is 5.56 Å². The predicted octanol–water partition coefficient (Wildman–Crippen LogP) is 2.53. The van der Waals surface area contributed by atoms with Gasteiger partial charge < -0.3 is 20.1 Å². The number of ether oxygens (including phenoxy) is 2. The van der Waals surface area contributed by atoms with Crippen LogP contribution in [0.5, 0.6) is 0 Å². The van der Waals surface area contributed by atoms with E-state index in [1.54, 1.807) is 7.05 Å². The lowest BCUT2D eigenvalue weighted by atomic mass is 10.0. The van der Waals surface area contributed by atoms with Gasteiger partial charge in [-0.15, -0.1) is 24.0 Å². The lowest BCUT2D eigenvalue weighted by Crippen LogP contribution is -2.46. The van der Waals surface area contributed by atoms with Gasteiger partial charge in [-0.05, 0) is 24.6 Å². The minimum absolute atomic E-state index is 0. The number of nitrogens with one attached hydrogen (secondary N) is 2. The lowest BCUT2D eigenvalue weighted by Gasteiger charge is -2.35. The molecule has 6 nitrogen and oxygen atoms in total. The van der Waals surface area contributed by atoms with E-state index >= 15 is 0 Å². The summed E-state index contributed by atoms with van der Waals surface area (Å²) < 4.78 is 10.8. The van der Waals surface area contributed by atoms with Crippen molar-refractivity contribution in [2.75, 3.05) is 59.7 Å². The second kappa shape index (κ2) is 13.5. The normalized spacial score (nSPS) is 16.7. The highest BCUT2D eigenvalue weighted by molar-refractivity contribution is 14.0. The Bertz CT molecular complexity index is 542. The molecule has 2 N–H and O–H groups in total. The van der Waals surface area contributed by atoms with Crippen LogP contribution >= 0.6 is 35.6 Å². The van der Waals surface area contributed by atoms with Crippen LogP contribution in [0.25, 0.3) is 0 Å². The molecule has 1 aromatic carbocycles. The Labute approximate surface area is 178 Å². The van der Waals surface area contributed by atoms with Crippen molar-refractivity contribution in [3.63, 3.8) is 0 Å². The Hall–Kier alpha value is -0.610. The number of aliphatic imine (C=N–C) groups is 1. The maximum Gasteiger partial charge on any atom is 0.191 e. The average molecular weight is 497 g/mol. The zero-order valence-corrected chi connectivity index (χ0v) is 18.6. The minimum atomic E-state index is 0. The van der Waals surface area contributed by atoms with E-state index in [4.69, 9.17) is 21.1 Å². The van der Waals surface area contributed by atoms with Crippen LogP contribution in [0.2, 0.25) is 5.02 Å². The average Bonchev–Trinajstić information content (AvgIpc) is 2.64. The Morgan fingerprint density at radius 2 is 2.12 bits per heavy atom. The second-order valence-corrected chi connectivity index (χ2v) is 6.23. The maximum absolute atomic E-state index is 6.20. The molecule has 0 aromatic heterocycles. The number of morpholine rings is 1. The van der Waals surface area contributed by atoms with Crippen molar-refractivity contribution < 1.29 is 9.47 Å². The lowest BCUT2D eigenvalue weighted by molar-refractivity contribution is 0.0170. The van der Waals surface area contributed by atoms with E-state index in [9.17, 15) is 0 Å². The predicted molar refractivity (Wildman–Crippen MR) is 118 cm³/mol. The molecule has 1 aliphatic heterocycles. The van der Waals surface area contributed by atoms with Gasteiger partial charge >= 0.3 is 0 Å². The first kappa shape index (κ1) is 23.4. The van der Waals surface area contributed by atoms with Gasteiger partial charge in [-0.2, -0.15) is 0 Å². The molecule has 0 aliphatic carbocycles. The van der Waals surface area contributed by atoms with Gasteiger partial charge in [0.1, 0.15) is 0 Å². The number of halogens is 2. The van der Waals surface area contributed by atoms with E-state index in [-0.39, 0.29) is 30.0 Å². The second-order valence-electron chi connectivity index (χ2n) is 5.80. The van der Waals surface area contributed by atoms with Gasteiger partial charge in [0, 0.05) is 44.9 Å². The molecule has 0 spiro atoms. The third-order valence-electron chi connectivity index (χ3n) is 4.15. The molecular weight excluding hydrogens is 467 g/mol. The summed E-state index contributed by atoms with van der Waals surface area (Å²) in [6.07, 6.45) is 0. The first-order valence-electron chi connectivity index (χ1n) is 8.84. The fraction of sp³-hybridized carbons (Fsp3) is 0.611. The van der Waals surface area contributed by atoms with Crippen molar-refractivity contribution in [3.8, 4) is 0 Å². The Kier molecular flexibility index (Phi) is 12.2. The van der Waals surface area contributed by atoms with Gasteiger partial charge in [0.2, 0.25) is 0 Å². The van der Waals surface area contributed by atoms with Crippen LogP contribution in [0.15, 0.2) is 29.3 Å². The van der Waals surface area contributed by atoms with Crippen LogP contribution < -0.4 is 10.6 Å². The van der Waals surface area contributed by atoms with Crippen molar-refractivity contribution in [2.45, 2.75) is 13.0 Å². The van der Waals surface area contributed by atoms with Gasteiger partial charge in [-0.25, -0.2) is 0 Å². The maximum atomic E-state index is 6.20. The Balaban J connectivity index is 0.00000338. The highest BCUT2D eigenvalue weighted by Gasteiger charge is 2.23. The summed E-state index contributed by atoms with van der Waals surface area (Å²) in [5.41, 5.74) is 1.20. The monoisotopic (exact) mass is 496 g/mol. The molecule has 0 saturated carbocycles. The summed E-state index contributed by atoms with van der Waals surface area (Å²) in [7, 11) is 1.78. The van der Waals surface area contributed by atoms with Gasteiger partial charge in [0.15, 0.2) is 5.96 Å². The number of rotatable bonds is 8. The van der Waals surface area contributed by atoms with E-state index < -0.39 is 0 Å². The molecule has 0 amide bonds. The molecule has 1 heterocycles. The molecule has 1 saturated heterocycles. The van der Waals surface area contributed by atoms with Crippen molar-refractivity contribution in [2.24, 2.45) is 4.99 Å². The fourth-order valence-corrected chi connectivity index (χ4v) is 3.06. The molecule has 0 bridgehead atoms. The highest BCUT2D eigenvalue weighted by atomic mass is 127. The van der Waals surface area contributed by atoms with E-state index in [2.05, 4.69) is 26.6 Å². The Morgan fingerprint density at radius 3 is 2.77 bits per heavy atom. The third kappa shape index (κ3) is 7.96. The summed E-state index contributed by atoms with van der Waals surface area (Å²) in [6, 6.07) is 8.28. The van der Waals surface area contributed by atoms with Crippen LogP contribution in [-0.4, -0.2) is 70.5 Å². The molecule has 1 atom stereocenters. The van der Waals surface area contributed by atoms with Crippen LogP contribution in [-0.2, 0) is 9.47 Å². The molecule has 1 aliphatic rings. The number of hydrogen-bond donors (Lipinski definition) is 2. The van der Waals surface area contributed by atoms with Crippen molar-refractivity contribution in [1.82, 2.24) is 15.5 Å². The molecular formula is C18H30ClIN4O2. The molecule has 148 valence electrons. The SMILES string of the molecule is CCOCCNC(=NC)NCC(c1cccc(Cl)c1)N1CCOCC1.I. The summed E-state index contributed by atoms with van der Waals surface area (Å²) in [6.45, 7) is 8.20. The summed E-state index contributed by atoms with van der Waals surface area (Å²) in [5.74, 6) is 0.778. The Morgan fingerprint density at radius 1 is 1.35 bits per heavy atom. The molecule has 1 fully saturated rings. The van der Waals surface area contributed by atoms with E-state index in [0.717, 1.165) is 57.0 Å². The standard InChI is InChI=1S/C18H29ClN4O2.HI/c1-3-24-10-7-21-18(20-2)22-14-17(23-8-11-25-12-9-23)15-5-4-6-16(19)13-15;/h4-6,13,17H,3,7-12,14H2,1-2H3,(H2,20,21,22);1H. The number of nitrogens with zero attached hydrogens (tertiary/aromatic N) is 2. The minimum Gasteiger partial charge on any atom is -0.380 e. The van der Waals surface area contributed by atoms with E-state index in [0.29, 0.717) is 6.61 Å². The molecule has 2 rings (SSSR count). The van der Waals surface area contributed by atoms with Gasteiger partial charge in [-0.1, -0.05) is 23.7 Å². The van der Waals surface area contributed by atoms with Crippen molar-refractivity contribution >= 4 is 41.5 Å². The third-order valence-corrected chi connectivity index (χ3v) is 4.38. The van der Waals surface area contributed by atoms with Crippen LogP contribution in [0.3, 0.4) is 0 Å².